The van der Waals surface area contributed by atoms with Gasteiger partial charge in [0.25, 0.3) is 0 Å². The van der Waals surface area contributed by atoms with Gasteiger partial charge in [0.2, 0.25) is 0 Å². The lowest BCUT2D eigenvalue weighted by molar-refractivity contribution is 0.146. The molecule has 1 heterocycles. The lowest BCUT2D eigenvalue weighted by atomic mass is 9.65. The molecule has 1 N–H and O–H groups in total. The third kappa shape index (κ3) is 4.62. The van der Waals surface area contributed by atoms with E-state index in [1.54, 1.807) is 36.9 Å². The minimum absolute atomic E-state index is 0.00147. The highest BCUT2D eigenvalue weighted by Gasteiger charge is 2.48. The summed E-state index contributed by atoms with van der Waals surface area (Å²) in [5.41, 5.74) is 2.98. The van der Waals surface area contributed by atoms with E-state index in [0.29, 0.717) is 15.7 Å². The van der Waals surface area contributed by atoms with Crippen LogP contribution >= 0.6 is 23.2 Å². The van der Waals surface area contributed by atoms with E-state index in [0.717, 1.165) is 23.2 Å². The van der Waals surface area contributed by atoms with Crippen LogP contribution in [-0.2, 0) is 9.47 Å². The van der Waals surface area contributed by atoms with E-state index in [1.165, 1.54) is 0 Å². The lowest BCUT2D eigenvalue weighted by Crippen LogP contribution is -2.47. The van der Waals surface area contributed by atoms with Crippen LogP contribution in [0.5, 0.6) is 0 Å². The Balaban J connectivity index is 1.95. The van der Waals surface area contributed by atoms with Gasteiger partial charge in [-0.1, -0.05) is 42.3 Å². The summed E-state index contributed by atoms with van der Waals surface area (Å²) in [5.74, 6) is 0.266. The van der Waals surface area contributed by atoms with Crippen LogP contribution in [0.15, 0.2) is 48.6 Å². The summed E-state index contributed by atoms with van der Waals surface area (Å²) < 4.78 is 10.6. The molecule has 4 atom stereocenters. The van der Waals surface area contributed by atoms with Crippen molar-refractivity contribution in [2.45, 2.75) is 39.2 Å². The summed E-state index contributed by atoms with van der Waals surface area (Å²) in [7, 11) is 0. The Labute approximate surface area is 209 Å². The van der Waals surface area contributed by atoms with Crippen LogP contribution in [0.2, 0.25) is 10.0 Å². The molecule has 0 radical (unpaired) electrons. The number of anilines is 2. The first-order chi connectivity index (χ1) is 16.3. The maximum Gasteiger partial charge on any atom is 0.414 e. The first-order valence-electron chi connectivity index (χ1n) is 11.5. The fourth-order valence-electron chi connectivity index (χ4n) is 5.15. The number of halogens is 2. The smallest absolute Gasteiger partial charge is 0.414 e. The molecular formula is C26H28Cl2N2O4. The molecule has 1 aliphatic carbocycles. The van der Waals surface area contributed by atoms with Gasteiger partial charge in [-0.25, -0.2) is 9.59 Å². The average Bonchev–Trinajstić information content (AvgIpc) is 2.80. The number of amides is 2. The molecule has 1 unspecified atom stereocenters. The van der Waals surface area contributed by atoms with Crippen molar-refractivity contribution in [1.82, 2.24) is 0 Å². The maximum atomic E-state index is 13.4. The van der Waals surface area contributed by atoms with Crippen LogP contribution < -0.4 is 10.2 Å². The van der Waals surface area contributed by atoms with Crippen LogP contribution in [0.4, 0.5) is 21.0 Å². The fourth-order valence-corrected chi connectivity index (χ4v) is 5.51. The fraction of sp³-hybridized carbons (Fsp3) is 0.385. The van der Waals surface area contributed by atoms with E-state index in [4.69, 9.17) is 32.7 Å². The average molecular weight is 503 g/mol. The second-order valence-corrected chi connectivity index (χ2v) is 9.41. The van der Waals surface area contributed by atoms with Crippen molar-refractivity contribution in [3.63, 3.8) is 0 Å². The number of carbonyl (C=O) groups is 2. The Morgan fingerprint density at radius 2 is 1.71 bits per heavy atom. The van der Waals surface area contributed by atoms with Gasteiger partial charge >= 0.3 is 12.2 Å². The van der Waals surface area contributed by atoms with Crippen LogP contribution in [-0.4, -0.2) is 25.4 Å². The number of ether oxygens (including phenoxy) is 2. The van der Waals surface area contributed by atoms with Gasteiger partial charge in [0.15, 0.2) is 0 Å². The normalized spacial score (nSPS) is 23.0. The number of allylic oxidation sites excluding steroid dienone is 2. The summed E-state index contributed by atoms with van der Waals surface area (Å²) in [6.45, 7) is 6.18. The highest BCUT2D eigenvalue weighted by Crippen LogP contribution is 2.56. The molecule has 0 saturated heterocycles. The Morgan fingerprint density at radius 1 is 1.03 bits per heavy atom. The molecule has 34 heavy (non-hydrogen) atoms. The second-order valence-electron chi connectivity index (χ2n) is 8.54. The van der Waals surface area contributed by atoms with Gasteiger partial charge in [-0.05, 0) is 74.1 Å². The molecule has 1 aliphatic heterocycles. The molecule has 2 aromatic rings. The topological polar surface area (TPSA) is 67.9 Å². The number of hydrogen-bond donors (Lipinski definition) is 1. The number of rotatable bonds is 4. The zero-order valence-electron chi connectivity index (χ0n) is 19.4. The van der Waals surface area contributed by atoms with Gasteiger partial charge < -0.3 is 9.47 Å². The third-order valence-electron chi connectivity index (χ3n) is 6.48. The number of fused-ring (bicyclic) bond motifs is 3. The minimum Gasteiger partial charge on any atom is -0.450 e. The van der Waals surface area contributed by atoms with Crippen molar-refractivity contribution >= 4 is 46.8 Å². The summed E-state index contributed by atoms with van der Waals surface area (Å²) >= 11 is 12.8. The predicted octanol–water partition coefficient (Wildman–Crippen LogP) is 7.58. The van der Waals surface area contributed by atoms with E-state index in [1.807, 2.05) is 18.2 Å². The monoisotopic (exact) mass is 502 g/mol. The van der Waals surface area contributed by atoms with Gasteiger partial charge in [0, 0.05) is 27.2 Å². The summed E-state index contributed by atoms with van der Waals surface area (Å²) in [4.78, 5) is 27.5. The van der Waals surface area contributed by atoms with E-state index < -0.39 is 18.2 Å². The van der Waals surface area contributed by atoms with Crippen LogP contribution in [0, 0.1) is 11.8 Å². The molecule has 4 rings (SSSR count). The van der Waals surface area contributed by atoms with Gasteiger partial charge in [-0.3, -0.25) is 10.2 Å². The van der Waals surface area contributed by atoms with Crippen molar-refractivity contribution in [2.24, 2.45) is 11.8 Å². The number of carbonyl (C=O) groups excluding carboxylic acids is 2. The zero-order valence-corrected chi connectivity index (χ0v) is 20.9. The second kappa shape index (κ2) is 10.3. The van der Waals surface area contributed by atoms with E-state index in [-0.39, 0.29) is 31.0 Å². The molecule has 2 aromatic carbocycles. The number of nitrogens with one attached hydrogen (secondary N) is 1. The Hall–Kier alpha value is -2.70. The molecule has 0 bridgehead atoms. The van der Waals surface area contributed by atoms with E-state index in [2.05, 4.69) is 24.4 Å². The third-order valence-corrected chi connectivity index (χ3v) is 6.95. The van der Waals surface area contributed by atoms with Crippen LogP contribution in [0.1, 0.15) is 50.3 Å². The molecule has 0 saturated carbocycles. The number of nitrogens with zero attached hydrogens (tertiary/aromatic N) is 1. The first-order valence-corrected chi connectivity index (χ1v) is 12.3. The molecule has 0 fully saturated rings. The largest absolute Gasteiger partial charge is 0.450 e. The molecule has 0 aromatic heterocycles. The molecule has 2 aliphatic rings. The maximum absolute atomic E-state index is 13.4. The predicted molar refractivity (Wildman–Crippen MR) is 135 cm³/mol. The highest BCUT2D eigenvalue weighted by molar-refractivity contribution is 6.31. The Kier molecular flexibility index (Phi) is 7.39. The van der Waals surface area contributed by atoms with Crippen molar-refractivity contribution in [1.29, 1.82) is 0 Å². The minimum atomic E-state index is -0.565. The van der Waals surface area contributed by atoms with Gasteiger partial charge in [0.05, 0.1) is 24.9 Å². The Morgan fingerprint density at radius 3 is 2.41 bits per heavy atom. The highest BCUT2D eigenvalue weighted by atomic mass is 35.5. The molecule has 2 amide bonds. The van der Waals surface area contributed by atoms with Crippen LogP contribution in [0.3, 0.4) is 0 Å². The molecule has 6 nitrogen and oxygen atoms in total. The van der Waals surface area contributed by atoms with Crippen molar-refractivity contribution in [3.05, 3.63) is 69.7 Å². The quantitative estimate of drug-likeness (QED) is 0.437. The standard InChI is InChI=1S/C26H28Cl2N2O4/c1-4-33-25(31)29-21-11-9-16(27)14-20(21)24-23-15(3)7-6-8-18(23)19-13-17(28)10-12-22(19)30(24)26(32)34-5-2/h6,8-15,18,23-24H,4-5,7H2,1-3H3,(H,29,31)/t15-,18?,23+,24-/m0/s1. The van der Waals surface area contributed by atoms with Crippen molar-refractivity contribution in [2.75, 3.05) is 23.4 Å². The Bertz CT molecular complexity index is 1120. The molecular weight excluding hydrogens is 475 g/mol. The van der Waals surface area contributed by atoms with Crippen molar-refractivity contribution < 1.29 is 19.1 Å². The summed E-state index contributed by atoms with van der Waals surface area (Å²) in [6, 6.07) is 10.4. The number of benzene rings is 2. The first kappa shape index (κ1) is 24.4. The molecule has 8 heteroatoms. The lowest BCUT2D eigenvalue weighted by Gasteiger charge is -2.49. The molecule has 0 spiro atoms. The van der Waals surface area contributed by atoms with Crippen LogP contribution in [0.25, 0.3) is 0 Å². The SMILES string of the molecule is CCOC(=O)Nc1ccc(Cl)cc1[C@H]1[C@H]2C(C=CC[C@@H]2C)c2cc(Cl)ccc2N1C(=O)OCC. The van der Waals surface area contributed by atoms with Gasteiger partial charge in [-0.2, -0.15) is 0 Å². The number of hydrogen-bond acceptors (Lipinski definition) is 4. The van der Waals surface area contributed by atoms with Gasteiger partial charge in [0.1, 0.15) is 0 Å². The van der Waals surface area contributed by atoms with Crippen molar-refractivity contribution in [3.8, 4) is 0 Å². The summed E-state index contributed by atoms with van der Waals surface area (Å²) in [6.07, 6.45) is 4.22. The molecule has 180 valence electrons. The van der Waals surface area contributed by atoms with E-state index >= 15 is 0 Å². The van der Waals surface area contributed by atoms with Gasteiger partial charge in [-0.15, -0.1) is 0 Å². The van der Waals surface area contributed by atoms with E-state index in [9.17, 15) is 9.59 Å². The summed E-state index contributed by atoms with van der Waals surface area (Å²) in [5, 5.41) is 3.95. The zero-order chi connectivity index (χ0) is 24.4.